The van der Waals surface area contributed by atoms with E-state index in [-0.39, 0.29) is 18.1 Å². The monoisotopic (exact) mass is 736 g/mol. The molecule has 3 aromatic carbocycles. The molecule has 7 rings (SSSR count). The Morgan fingerprint density at radius 1 is 0.961 bits per heavy atom. The molecule has 3 saturated heterocycles. The molecule has 0 radical (unpaired) electrons. The zero-order chi connectivity index (χ0) is 35.9. The van der Waals surface area contributed by atoms with Crippen LogP contribution in [0.15, 0.2) is 79.1 Å². The summed E-state index contributed by atoms with van der Waals surface area (Å²) < 4.78 is 37.8. The van der Waals surface area contributed by atoms with Crippen LogP contribution in [0.4, 0.5) is 4.39 Å². The van der Waals surface area contributed by atoms with E-state index in [1.165, 1.54) is 13.2 Å². The number of hydrogen-bond donors (Lipinski definition) is 1. The number of carbonyl (C=O) groups is 2. The minimum atomic E-state index is -0.950. The van der Waals surface area contributed by atoms with E-state index in [9.17, 15) is 14.0 Å². The highest BCUT2D eigenvalue weighted by atomic mass is 35.5. The van der Waals surface area contributed by atoms with Crippen LogP contribution in [-0.4, -0.2) is 63.3 Å². The maximum atomic E-state index is 14.9. The fourth-order valence-corrected chi connectivity index (χ4v) is 7.33. The van der Waals surface area contributed by atoms with Gasteiger partial charge in [-0.15, -0.1) is 0 Å². The molecule has 0 aliphatic carbocycles. The molecular weight excluding hydrogens is 696 g/mol. The summed E-state index contributed by atoms with van der Waals surface area (Å²) >= 11 is 12.9. The van der Waals surface area contributed by atoms with Gasteiger partial charge in [0.15, 0.2) is 23.9 Å². The molecule has 0 amide bonds. The molecular formula is C39H41Cl2FN3O6+. The van der Waals surface area contributed by atoms with Gasteiger partial charge in [0.1, 0.15) is 34.1 Å². The quantitative estimate of drug-likeness (QED) is 0.144. The lowest BCUT2D eigenvalue weighted by molar-refractivity contribution is -0.377. The van der Waals surface area contributed by atoms with Crippen LogP contribution < -0.4 is 19.8 Å². The average Bonchev–Trinajstić information content (AvgIpc) is 3.15. The summed E-state index contributed by atoms with van der Waals surface area (Å²) in [6.45, 7) is 3.14. The van der Waals surface area contributed by atoms with E-state index in [2.05, 4.69) is 15.2 Å². The van der Waals surface area contributed by atoms with Crippen molar-refractivity contribution in [2.75, 3.05) is 40.4 Å². The number of fused-ring (bicyclic) bond motifs is 3. The van der Waals surface area contributed by atoms with E-state index in [1.807, 2.05) is 12.1 Å². The number of rotatable bonds is 14. The number of methoxy groups -OCH3 is 2. The maximum Gasteiger partial charge on any atom is 0.338 e. The molecule has 9 nitrogen and oxygen atoms in total. The van der Waals surface area contributed by atoms with Crippen LogP contribution in [0.1, 0.15) is 57.6 Å². The molecule has 2 bridgehead atoms. The minimum absolute atomic E-state index is 0.185. The molecule has 12 heteroatoms. The van der Waals surface area contributed by atoms with Crippen LogP contribution in [0, 0.1) is 11.7 Å². The van der Waals surface area contributed by atoms with Gasteiger partial charge in [0.25, 0.3) is 0 Å². The van der Waals surface area contributed by atoms with Gasteiger partial charge in [-0.25, -0.2) is 19.0 Å². The second kappa shape index (κ2) is 16.9. The number of piperidine rings is 3. The van der Waals surface area contributed by atoms with E-state index < -0.39 is 29.9 Å². The van der Waals surface area contributed by atoms with E-state index >= 15 is 0 Å². The van der Waals surface area contributed by atoms with Gasteiger partial charge in [0.05, 0.1) is 19.8 Å². The van der Waals surface area contributed by atoms with Crippen LogP contribution in [0.2, 0.25) is 10.0 Å². The topological polar surface area (TPSA) is 100 Å². The van der Waals surface area contributed by atoms with E-state index in [0.29, 0.717) is 57.1 Å². The Labute approximate surface area is 307 Å². The molecule has 4 aromatic rings. The first-order valence-corrected chi connectivity index (χ1v) is 17.8. The zero-order valence-electron chi connectivity index (χ0n) is 28.5. The minimum Gasteiger partial charge on any atom is -0.493 e. The Bertz CT molecular complexity index is 1820. The fourth-order valence-electron chi connectivity index (χ4n) is 6.79. The Morgan fingerprint density at radius 2 is 1.67 bits per heavy atom. The van der Waals surface area contributed by atoms with Crippen molar-refractivity contribution in [1.82, 2.24) is 10.2 Å². The first kappa shape index (κ1) is 36.6. The van der Waals surface area contributed by atoms with Gasteiger partial charge in [-0.3, -0.25) is 4.90 Å². The van der Waals surface area contributed by atoms with Gasteiger partial charge in [-0.2, -0.15) is 0 Å². The maximum absolute atomic E-state index is 14.9. The van der Waals surface area contributed by atoms with Crippen LogP contribution in [0.25, 0.3) is 0 Å². The molecule has 51 heavy (non-hydrogen) atoms. The number of aromatic amines is 1. The van der Waals surface area contributed by atoms with Crippen molar-refractivity contribution in [3.05, 3.63) is 123 Å². The number of carbonyl (C=O) groups excluding carboxylic acids is 2. The summed E-state index contributed by atoms with van der Waals surface area (Å²) in [5.41, 5.74) is 2.80. The van der Waals surface area contributed by atoms with Crippen LogP contribution >= 0.6 is 23.2 Å². The van der Waals surface area contributed by atoms with E-state index in [4.69, 9.17) is 42.1 Å². The average molecular weight is 738 g/mol. The Balaban J connectivity index is 1.12. The number of hydrogen-bond acceptors (Lipinski definition) is 8. The number of ether oxygens (including phenoxy) is 4. The van der Waals surface area contributed by atoms with Gasteiger partial charge in [0.2, 0.25) is 0 Å². The van der Waals surface area contributed by atoms with Crippen molar-refractivity contribution >= 4 is 35.1 Å². The van der Waals surface area contributed by atoms with Crippen molar-refractivity contribution in [1.29, 1.82) is 0 Å². The Kier molecular flexibility index (Phi) is 12.1. The van der Waals surface area contributed by atoms with Gasteiger partial charge < -0.3 is 24.3 Å². The van der Waals surface area contributed by atoms with Crippen molar-refractivity contribution in [2.24, 2.45) is 5.92 Å². The lowest BCUT2D eigenvalue weighted by Crippen LogP contribution is -2.52. The summed E-state index contributed by atoms with van der Waals surface area (Å²) in [5.74, 6) is -0.121. The summed E-state index contributed by atoms with van der Waals surface area (Å²) in [4.78, 5) is 32.2. The molecule has 0 spiro atoms. The van der Waals surface area contributed by atoms with Crippen LogP contribution in [-0.2, 0) is 27.1 Å². The highest BCUT2D eigenvalue weighted by Crippen LogP contribution is 2.36. The van der Waals surface area contributed by atoms with Gasteiger partial charge in [-0.1, -0.05) is 59.6 Å². The Morgan fingerprint density at radius 3 is 2.31 bits per heavy atom. The predicted octanol–water partition coefficient (Wildman–Crippen LogP) is 6.62. The van der Waals surface area contributed by atoms with Crippen LogP contribution in [0.5, 0.6) is 11.5 Å². The standard InChI is InChI=1S/C39H40Cl2FN3O6/c1-48-33-12-11-27(19-35(33)49-2)34(20-29-30(40)21-43-22-31(29)41)50-38(46)26-9-7-24(8-10-26)13-16-44-37(28-5-3-4-6-32(28)42)39(47)51-36-23-45-17-14-25(36)15-18-45/h3-12,19,21-22,25,34,36-37,44H,13-18,20,23H2,1-2H3/p+1/t34-,36-,37?/m0/s1. The summed E-state index contributed by atoms with van der Waals surface area (Å²) in [7, 11) is 3.08. The molecule has 1 unspecified atom stereocenters. The SMILES string of the molecule is COc1ccc([C@H](Cc2c(Cl)c[nH+]cc2Cl)OC(=O)c2ccc(CCNC(C(=O)O[C@H]3CN4CCC3CC4)c3ccccc3F)cc2)cc1OC. The molecule has 3 aliphatic rings. The van der Waals surface area contributed by atoms with Crippen molar-refractivity contribution in [3.8, 4) is 11.5 Å². The molecule has 3 aliphatic heterocycles. The number of nitrogens with one attached hydrogen (secondary N) is 2. The smallest absolute Gasteiger partial charge is 0.338 e. The fraction of sp³-hybridized carbons (Fsp3) is 0.359. The zero-order valence-corrected chi connectivity index (χ0v) is 30.0. The third kappa shape index (κ3) is 8.81. The molecule has 268 valence electrons. The highest BCUT2D eigenvalue weighted by Gasteiger charge is 2.38. The third-order valence-electron chi connectivity index (χ3n) is 9.68. The summed E-state index contributed by atoms with van der Waals surface area (Å²) in [6.07, 6.45) is 5.03. The first-order chi connectivity index (χ1) is 24.7. The summed E-state index contributed by atoms with van der Waals surface area (Å²) in [5, 5.41) is 4.04. The number of esters is 2. The number of nitrogens with zero attached hydrogens (tertiary/aromatic N) is 1. The predicted molar refractivity (Wildman–Crippen MR) is 191 cm³/mol. The van der Waals surface area contributed by atoms with Crippen molar-refractivity contribution in [3.63, 3.8) is 0 Å². The van der Waals surface area contributed by atoms with Gasteiger partial charge in [-0.05, 0) is 79.7 Å². The molecule has 3 fully saturated rings. The highest BCUT2D eigenvalue weighted by molar-refractivity contribution is 6.35. The molecule has 3 atom stereocenters. The number of pyridine rings is 1. The van der Waals surface area contributed by atoms with Crippen LogP contribution in [0.3, 0.4) is 0 Å². The largest absolute Gasteiger partial charge is 0.493 e. The first-order valence-electron chi connectivity index (χ1n) is 17.0. The second-order valence-electron chi connectivity index (χ2n) is 12.8. The lowest BCUT2D eigenvalue weighted by atomic mass is 9.86. The van der Waals surface area contributed by atoms with Gasteiger partial charge in [0, 0.05) is 30.6 Å². The molecule has 1 aromatic heterocycles. The normalized spacial score (nSPS) is 19.2. The molecule has 0 saturated carbocycles. The van der Waals surface area contributed by atoms with Crippen molar-refractivity contribution < 1.29 is 37.9 Å². The number of H-pyrrole nitrogens is 1. The number of aromatic nitrogens is 1. The number of benzene rings is 3. The van der Waals surface area contributed by atoms with Crippen molar-refractivity contribution in [2.45, 2.75) is 43.9 Å². The second-order valence-corrected chi connectivity index (χ2v) is 13.6. The van der Waals surface area contributed by atoms with E-state index in [1.54, 1.807) is 68.0 Å². The Hall–Kier alpha value is -4.22. The van der Waals surface area contributed by atoms with Gasteiger partial charge >= 0.3 is 11.9 Å². The lowest BCUT2D eigenvalue weighted by Gasteiger charge is -2.44. The van der Waals surface area contributed by atoms with E-state index in [0.717, 1.165) is 38.0 Å². The third-order valence-corrected chi connectivity index (χ3v) is 10.4. The molecule has 4 heterocycles. The number of halogens is 3. The summed E-state index contributed by atoms with van der Waals surface area (Å²) in [6, 6.07) is 17.7. The molecule has 2 N–H and O–H groups in total.